The molecule has 0 aromatic heterocycles. The van der Waals surface area contributed by atoms with Crippen molar-refractivity contribution in [3.8, 4) is 0 Å². The van der Waals surface area contributed by atoms with Crippen LogP contribution in [0.4, 0.5) is 0 Å². The lowest BCUT2D eigenvalue weighted by Gasteiger charge is -2.17. The summed E-state index contributed by atoms with van der Waals surface area (Å²) in [5, 5.41) is 4.45. The molecule has 2 rings (SSSR count). The van der Waals surface area contributed by atoms with E-state index in [2.05, 4.69) is 48.1 Å². The van der Waals surface area contributed by atoms with Crippen molar-refractivity contribution in [2.45, 2.75) is 39.3 Å². The molecule has 2 atom stereocenters. The molecule has 1 fully saturated rings. The predicted molar refractivity (Wildman–Crippen MR) is 72.9 cm³/mol. The topological polar surface area (TPSA) is 12.0 Å². The zero-order valence-corrected chi connectivity index (χ0v) is 12.2. The number of nitrogens with one attached hydrogen (secondary N) is 1. The lowest BCUT2D eigenvalue weighted by molar-refractivity contribution is 0.492. The molecule has 3 heteroatoms. The van der Waals surface area contributed by atoms with Crippen LogP contribution in [0.15, 0.2) is 22.7 Å². The molecular weight excluding hydrogens is 286 g/mol. The summed E-state index contributed by atoms with van der Waals surface area (Å²) in [6.07, 6.45) is 1.26. The fourth-order valence-corrected chi connectivity index (χ4v) is 2.83. The van der Waals surface area contributed by atoms with E-state index < -0.39 is 0 Å². The molecule has 88 valence electrons. The van der Waals surface area contributed by atoms with Crippen molar-refractivity contribution in [2.24, 2.45) is 5.41 Å². The molecule has 0 spiro atoms. The van der Waals surface area contributed by atoms with Crippen LogP contribution < -0.4 is 5.32 Å². The number of benzene rings is 1. The van der Waals surface area contributed by atoms with E-state index in [0.29, 0.717) is 17.5 Å². The van der Waals surface area contributed by atoms with Gasteiger partial charge in [0, 0.05) is 21.6 Å². The Labute approximate surface area is 111 Å². The number of rotatable bonds is 3. The minimum atomic E-state index is 0.312. The van der Waals surface area contributed by atoms with Crippen LogP contribution in [0, 0.1) is 5.41 Å². The minimum absolute atomic E-state index is 0.312. The Morgan fingerprint density at radius 3 is 2.62 bits per heavy atom. The van der Waals surface area contributed by atoms with Crippen molar-refractivity contribution in [3.63, 3.8) is 0 Å². The third kappa shape index (κ3) is 2.61. The van der Waals surface area contributed by atoms with Gasteiger partial charge >= 0.3 is 0 Å². The molecule has 0 heterocycles. The van der Waals surface area contributed by atoms with Crippen LogP contribution in [0.2, 0.25) is 5.02 Å². The molecule has 1 aromatic rings. The molecule has 1 nitrogen and oxygen atoms in total. The molecule has 1 aromatic carbocycles. The Bertz CT molecular complexity index is 403. The van der Waals surface area contributed by atoms with Gasteiger partial charge in [-0.1, -0.05) is 47.4 Å². The van der Waals surface area contributed by atoms with E-state index >= 15 is 0 Å². The van der Waals surface area contributed by atoms with Gasteiger partial charge in [0.1, 0.15) is 0 Å². The van der Waals surface area contributed by atoms with E-state index in [-0.39, 0.29) is 0 Å². The van der Waals surface area contributed by atoms with E-state index in [1.54, 1.807) is 0 Å². The Morgan fingerprint density at radius 2 is 2.12 bits per heavy atom. The van der Waals surface area contributed by atoms with Crippen LogP contribution in [0.1, 0.15) is 38.8 Å². The zero-order valence-electron chi connectivity index (χ0n) is 9.85. The molecule has 0 aliphatic heterocycles. The lowest BCUT2D eigenvalue weighted by atomic mass is 10.1. The Balaban J connectivity index is 2.06. The van der Waals surface area contributed by atoms with Crippen molar-refractivity contribution in [2.75, 3.05) is 0 Å². The normalized spacial score (nSPS) is 24.2. The first-order chi connectivity index (χ1) is 7.40. The van der Waals surface area contributed by atoms with E-state index in [1.807, 2.05) is 12.1 Å². The van der Waals surface area contributed by atoms with E-state index in [9.17, 15) is 0 Å². The van der Waals surface area contributed by atoms with Crippen molar-refractivity contribution < 1.29 is 0 Å². The number of hydrogen-bond donors (Lipinski definition) is 1. The van der Waals surface area contributed by atoms with Gasteiger partial charge in [0.25, 0.3) is 0 Å². The molecule has 16 heavy (non-hydrogen) atoms. The van der Waals surface area contributed by atoms with Crippen molar-refractivity contribution >= 4 is 27.5 Å². The molecule has 2 unspecified atom stereocenters. The summed E-state index contributed by atoms with van der Waals surface area (Å²) in [6.45, 7) is 6.75. The maximum absolute atomic E-state index is 6.23. The summed E-state index contributed by atoms with van der Waals surface area (Å²) >= 11 is 9.65. The highest BCUT2D eigenvalue weighted by atomic mass is 79.9. The third-order valence-electron chi connectivity index (χ3n) is 3.39. The van der Waals surface area contributed by atoms with Gasteiger partial charge in [0.2, 0.25) is 0 Å². The van der Waals surface area contributed by atoms with Crippen LogP contribution in [0.3, 0.4) is 0 Å². The van der Waals surface area contributed by atoms with E-state index in [1.165, 1.54) is 12.0 Å². The van der Waals surface area contributed by atoms with Crippen LogP contribution in [-0.4, -0.2) is 6.04 Å². The first-order valence-corrected chi connectivity index (χ1v) is 6.78. The Morgan fingerprint density at radius 1 is 1.50 bits per heavy atom. The standard InChI is InChI=1S/C13H17BrClN/c1-8(16-12-7-13(12,2)3)10-5-4-9(14)6-11(10)15/h4-6,8,12,16H,7H2,1-3H3. The smallest absolute Gasteiger partial charge is 0.0464 e. The molecule has 1 aliphatic rings. The zero-order chi connectivity index (χ0) is 11.9. The van der Waals surface area contributed by atoms with E-state index in [0.717, 1.165) is 9.50 Å². The highest BCUT2D eigenvalue weighted by molar-refractivity contribution is 9.10. The second-order valence-corrected chi connectivity index (χ2v) is 6.62. The van der Waals surface area contributed by atoms with Gasteiger partial charge in [-0.2, -0.15) is 0 Å². The predicted octanol–water partition coefficient (Wildman–Crippen LogP) is 4.55. The highest BCUT2D eigenvalue weighted by Crippen LogP contribution is 2.46. The van der Waals surface area contributed by atoms with Crippen molar-refractivity contribution in [1.82, 2.24) is 5.32 Å². The summed E-state index contributed by atoms with van der Waals surface area (Å²) in [5.74, 6) is 0. The fourth-order valence-electron chi connectivity index (χ4n) is 2.00. The van der Waals surface area contributed by atoms with Crippen molar-refractivity contribution in [1.29, 1.82) is 0 Å². The number of halogens is 2. The maximum Gasteiger partial charge on any atom is 0.0464 e. The maximum atomic E-state index is 6.23. The van der Waals surface area contributed by atoms with Crippen LogP contribution in [0.5, 0.6) is 0 Å². The summed E-state index contributed by atoms with van der Waals surface area (Å²) in [6, 6.07) is 7.01. The molecule has 1 saturated carbocycles. The lowest BCUT2D eigenvalue weighted by Crippen LogP contribution is -2.24. The first kappa shape index (κ1) is 12.4. The van der Waals surface area contributed by atoms with Gasteiger partial charge in [0.15, 0.2) is 0 Å². The molecule has 0 bridgehead atoms. The summed E-state index contributed by atoms with van der Waals surface area (Å²) in [7, 11) is 0. The van der Waals surface area contributed by atoms with Gasteiger partial charge in [-0.05, 0) is 36.5 Å². The van der Waals surface area contributed by atoms with Gasteiger partial charge in [-0.3, -0.25) is 0 Å². The van der Waals surface area contributed by atoms with Crippen molar-refractivity contribution in [3.05, 3.63) is 33.3 Å². The first-order valence-electron chi connectivity index (χ1n) is 5.61. The van der Waals surface area contributed by atoms with Gasteiger partial charge in [-0.25, -0.2) is 0 Å². The summed E-state index contributed by atoms with van der Waals surface area (Å²) in [4.78, 5) is 0. The minimum Gasteiger partial charge on any atom is -0.307 e. The molecule has 1 N–H and O–H groups in total. The van der Waals surface area contributed by atoms with Gasteiger partial charge < -0.3 is 5.32 Å². The Kier molecular flexibility index (Phi) is 3.35. The second-order valence-electron chi connectivity index (χ2n) is 5.30. The second kappa shape index (κ2) is 4.32. The number of hydrogen-bond acceptors (Lipinski definition) is 1. The summed E-state index contributed by atoms with van der Waals surface area (Å²) in [5.41, 5.74) is 1.63. The average Bonchev–Trinajstić information content (AvgIpc) is 2.72. The molecule has 1 aliphatic carbocycles. The Hall–Kier alpha value is -0.0500. The molecule has 0 saturated heterocycles. The van der Waals surface area contributed by atoms with Crippen LogP contribution >= 0.6 is 27.5 Å². The average molecular weight is 303 g/mol. The van der Waals surface area contributed by atoms with Gasteiger partial charge in [0.05, 0.1) is 0 Å². The third-order valence-corrected chi connectivity index (χ3v) is 4.21. The van der Waals surface area contributed by atoms with Crippen LogP contribution in [-0.2, 0) is 0 Å². The highest BCUT2D eigenvalue weighted by Gasteiger charge is 2.45. The SMILES string of the molecule is CC(NC1CC1(C)C)c1ccc(Br)cc1Cl. The fraction of sp³-hybridized carbons (Fsp3) is 0.538. The van der Waals surface area contributed by atoms with Gasteiger partial charge in [-0.15, -0.1) is 0 Å². The molecular formula is C13H17BrClN. The largest absolute Gasteiger partial charge is 0.307 e. The quantitative estimate of drug-likeness (QED) is 0.863. The van der Waals surface area contributed by atoms with E-state index in [4.69, 9.17) is 11.6 Å². The molecule has 0 amide bonds. The van der Waals surface area contributed by atoms with Crippen LogP contribution in [0.25, 0.3) is 0 Å². The monoisotopic (exact) mass is 301 g/mol. The molecule has 0 radical (unpaired) electrons. The summed E-state index contributed by atoms with van der Waals surface area (Å²) < 4.78 is 1.03.